The van der Waals surface area contributed by atoms with Crippen LogP contribution >= 0.6 is 11.3 Å². The molecule has 0 unspecified atom stereocenters. The van der Waals surface area contributed by atoms with Crippen molar-refractivity contribution < 1.29 is 23.8 Å². The normalized spacial score (nSPS) is 10.3. The van der Waals surface area contributed by atoms with Crippen LogP contribution in [-0.4, -0.2) is 30.6 Å². The van der Waals surface area contributed by atoms with E-state index in [1.54, 1.807) is 36.8 Å². The molecule has 0 saturated heterocycles. The smallest absolute Gasteiger partial charge is 0.358 e. The molecule has 0 atom stereocenters. The van der Waals surface area contributed by atoms with E-state index in [9.17, 15) is 9.59 Å². The number of esters is 1. The minimum absolute atomic E-state index is 0.145. The summed E-state index contributed by atoms with van der Waals surface area (Å²) in [6.45, 7) is -0.450. The summed E-state index contributed by atoms with van der Waals surface area (Å²) in [5.41, 5.74) is 1.47. The van der Waals surface area contributed by atoms with Crippen molar-refractivity contribution in [1.82, 2.24) is 4.98 Å². The highest BCUT2D eigenvalue weighted by Gasteiger charge is 2.16. The fourth-order valence-electron chi connectivity index (χ4n) is 2.90. The van der Waals surface area contributed by atoms with E-state index in [1.807, 2.05) is 54.6 Å². The Kier molecular flexibility index (Phi) is 6.96. The zero-order chi connectivity index (χ0) is 23.0. The van der Waals surface area contributed by atoms with Gasteiger partial charge in [0.1, 0.15) is 16.5 Å². The first kappa shape index (κ1) is 22.0. The second-order valence-electron chi connectivity index (χ2n) is 6.80. The molecule has 0 aliphatic carbocycles. The second kappa shape index (κ2) is 10.4. The number of nitrogens with zero attached hydrogens (tertiary/aromatic N) is 1. The zero-order valence-electron chi connectivity index (χ0n) is 17.7. The Hall–Kier alpha value is -4.17. The first-order valence-corrected chi connectivity index (χ1v) is 10.9. The summed E-state index contributed by atoms with van der Waals surface area (Å²) in [6, 6.07) is 23.6. The highest BCUT2D eigenvalue weighted by molar-refractivity contribution is 7.13. The Morgan fingerprint density at radius 1 is 0.909 bits per heavy atom. The highest BCUT2D eigenvalue weighted by Crippen LogP contribution is 2.29. The number of anilines is 1. The Labute approximate surface area is 194 Å². The number of nitrogens with one attached hydrogen (secondary N) is 1. The molecule has 0 aliphatic rings. The Morgan fingerprint density at radius 2 is 1.64 bits per heavy atom. The molecule has 33 heavy (non-hydrogen) atoms. The number of hydrogen-bond donors (Lipinski definition) is 1. The van der Waals surface area contributed by atoms with E-state index in [0.29, 0.717) is 22.2 Å². The molecule has 0 radical (unpaired) electrons. The monoisotopic (exact) mass is 460 g/mol. The average Bonchev–Trinajstić information content (AvgIpc) is 3.35. The van der Waals surface area contributed by atoms with Gasteiger partial charge in [-0.05, 0) is 48.5 Å². The summed E-state index contributed by atoms with van der Waals surface area (Å²) >= 11 is 1.31. The van der Waals surface area contributed by atoms with Crippen molar-refractivity contribution in [3.05, 3.63) is 89.9 Å². The van der Waals surface area contributed by atoms with Crippen molar-refractivity contribution >= 4 is 28.9 Å². The Bertz CT molecular complexity index is 1240. The topological polar surface area (TPSA) is 86.8 Å². The quantitative estimate of drug-likeness (QED) is 0.354. The van der Waals surface area contributed by atoms with Gasteiger partial charge in [0.05, 0.1) is 12.8 Å². The third-order valence-corrected chi connectivity index (χ3v) is 5.41. The summed E-state index contributed by atoms with van der Waals surface area (Å²) in [7, 11) is 1.59. The van der Waals surface area contributed by atoms with Crippen LogP contribution in [0.25, 0.3) is 10.6 Å². The molecular weight excluding hydrogens is 440 g/mol. The number of thiazole rings is 1. The van der Waals surface area contributed by atoms with Crippen LogP contribution in [0.1, 0.15) is 10.5 Å². The number of benzene rings is 3. The third-order valence-electron chi connectivity index (χ3n) is 4.52. The van der Waals surface area contributed by atoms with Crippen molar-refractivity contribution in [1.29, 1.82) is 0 Å². The molecule has 1 N–H and O–H groups in total. The van der Waals surface area contributed by atoms with Crippen molar-refractivity contribution in [3.63, 3.8) is 0 Å². The van der Waals surface area contributed by atoms with Crippen molar-refractivity contribution in [3.8, 4) is 27.8 Å². The molecule has 1 aromatic heterocycles. The van der Waals surface area contributed by atoms with Gasteiger partial charge in [0.15, 0.2) is 18.1 Å². The van der Waals surface area contributed by atoms with E-state index in [0.717, 1.165) is 11.3 Å². The maximum absolute atomic E-state index is 12.4. The standard InChI is InChI=1S/C25H20N2O5S/c1-30-18-13-11-17(12-14-18)24-27-21(16-33-24)25(29)31-15-23(28)26-20-9-5-6-10-22(20)32-19-7-3-2-4-8-19/h2-14,16H,15H2,1H3,(H,26,28). The lowest BCUT2D eigenvalue weighted by Crippen LogP contribution is -2.21. The summed E-state index contributed by atoms with van der Waals surface area (Å²) in [6.07, 6.45) is 0. The van der Waals surface area contributed by atoms with Gasteiger partial charge in [0.2, 0.25) is 0 Å². The number of para-hydroxylation sites is 3. The van der Waals surface area contributed by atoms with Gasteiger partial charge in [-0.15, -0.1) is 11.3 Å². The van der Waals surface area contributed by atoms with Crippen LogP contribution in [0, 0.1) is 0 Å². The number of amides is 1. The molecule has 166 valence electrons. The van der Waals surface area contributed by atoms with E-state index in [-0.39, 0.29) is 5.69 Å². The number of rotatable bonds is 8. The van der Waals surface area contributed by atoms with E-state index >= 15 is 0 Å². The van der Waals surface area contributed by atoms with Gasteiger partial charge in [-0.3, -0.25) is 4.79 Å². The first-order valence-electron chi connectivity index (χ1n) is 10.0. The molecule has 0 spiro atoms. The van der Waals surface area contributed by atoms with Gasteiger partial charge >= 0.3 is 5.97 Å². The van der Waals surface area contributed by atoms with E-state index in [1.165, 1.54) is 11.3 Å². The molecule has 0 bridgehead atoms. The first-order chi connectivity index (χ1) is 16.1. The maximum Gasteiger partial charge on any atom is 0.358 e. The summed E-state index contributed by atoms with van der Waals surface area (Å²) in [4.78, 5) is 29.0. The van der Waals surface area contributed by atoms with Crippen LogP contribution in [-0.2, 0) is 9.53 Å². The largest absolute Gasteiger partial charge is 0.497 e. The molecule has 3 aromatic carbocycles. The molecule has 8 heteroatoms. The lowest BCUT2D eigenvalue weighted by molar-refractivity contribution is -0.119. The zero-order valence-corrected chi connectivity index (χ0v) is 18.5. The summed E-state index contributed by atoms with van der Waals surface area (Å²) < 4.78 is 16.1. The number of methoxy groups -OCH3 is 1. The highest BCUT2D eigenvalue weighted by atomic mass is 32.1. The van der Waals surface area contributed by atoms with Gasteiger partial charge in [-0.1, -0.05) is 30.3 Å². The van der Waals surface area contributed by atoms with Crippen LogP contribution in [0.3, 0.4) is 0 Å². The lowest BCUT2D eigenvalue weighted by atomic mass is 10.2. The third kappa shape index (κ3) is 5.75. The van der Waals surface area contributed by atoms with Gasteiger partial charge in [0.25, 0.3) is 5.91 Å². The molecular formula is C25H20N2O5S. The minimum atomic E-state index is -0.671. The SMILES string of the molecule is COc1ccc(-c2nc(C(=O)OCC(=O)Nc3ccccc3Oc3ccccc3)cs2)cc1. The molecule has 0 fully saturated rings. The molecule has 4 aromatic rings. The molecule has 1 amide bonds. The number of hydrogen-bond acceptors (Lipinski definition) is 7. The van der Waals surface area contributed by atoms with Gasteiger partial charge in [0, 0.05) is 10.9 Å². The van der Waals surface area contributed by atoms with Crippen molar-refractivity contribution in [2.24, 2.45) is 0 Å². The van der Waals surface area contributed by atoms with Crippen molar-refractivity contribution in [2.75, 3.05) is 19.0 Å². The Morgan fingerprint density at radius 3 is 2.39 bits per heavy atom. The second-order valence-corrected chi connectivity index (χ2v) is 7.66. The Balaban J connectivity index is 1.34. The summed E-state index contributed by atoms with van der Waals surface area (Å²) in [5, 5.41) is 4.98. The van der Waals surface area contributed by atoms with Crippen LogP contribution in [0.2, 0.25) is 0 Å². The van der Waals surface area contributed by atoms with Crippen molar-refractivity contribution in [2.45, 2.75) is 0 Å². The molecule has 1 heterocycles. The molecule has 4 rings (SSSR count). The average molecular weight is 461 g/mol. The molecule has 0 saturated carbocycles. The fraction of sp³-hybridized carbons (Fsp3) is 0.0800. The molecule has 7 nitrogen and oxygen atoms in total. The van der Waals surface area contributed by atoms with E-state index < -0.39 is 18.5 Å². The van der Waals surface area contributed by atoms with Crippen LogP contribution < -0.4 is 14.8 Å². The number of aromatic nitrogens is 1. The predicted molar refractivity (Wildman–Crippen MR) is 126 cm³/mol. The van der Waals surface area contributed by atoms with E-state index in [2.05, 4.69) is 10.3 Å². The number of ether oxygens (including phenoxy) is 3. The number of carbonyl (C=O) groups excluding carboxylic acids is 2. The molecule has 0 aliphatic heterocycles. The van der Waals surface area contributed by atoms with Gasteiger partial charge < -0.3 is 19.5 Å². The number of carbonyl (C=O) groups is 2. The van der Waals surface area contributed by atoms with Crippen LogP contribution in [0.5, 0.6) is 17.2 Å². The fourth-order valence-corrected chi connectivity index (χ4v) is 3.69. The minimum Gasteiger partial charge on any atom is -0.497 e. The predicted octanol–water partition coefficient (Wildman–Crippen LogP) is 5.41. The van der Waals surface area contributed by atoms with Gasteiger partial charge in [-0.2, -0.15) is 0 Å². The van der Waals surface area contributed by atoms with Crippen LogP contribution in [0.15, 0.2) is 84.2 Å². The maximum atomic E-state index is 12.4. The summed E-state index contributed by atoms with van der Waals surface area (Å²) in [5.74, 6) is 0.693. The van der Waals surface area contributed by atoms with E-state index in [4.69, 9.17) is 14.2 Å². The lowest BCUT2D eigenvalue weighted by Gasteiger charge is -2.12. The van der Waals surface area contributed by atoms with Crippen LogP contribution in [0.4, 0.5) is 5.69 Å². The van der Waals surface area contributed by atoms with Gasteiger partial charge in [-0.25, -0.2) is 9.78 Å².